The summed E-state index contributed by atoms with van der Waals surface area (Å²) in [4.78, 5) is 14.7. The van der Waals surface area contributed by atoms with E-state index < -0.39 is 0 Å². The van der Waals surface area contributed by atoms with Crippen molar-refractivity contribution in [3.63, 3.8) is 0 Å². The fraction of sp³-hybridized carbons (Fsp3) is 0.611. The van der Waals surface area contributed by atoms with Crippen LogP contribution in [0.1, 0.15) is 56.3 Å². The van der Waals surface area contributed by atoms with Crippen LogP contribution in [0.5, 0.6) is 11.5 Å². The van der Waals surface area contributed by atoms with Crippen molar-refractivity contribution in [1.82, 2.24) is 4.90 Å². The van der Waals surface area contributed by atoms with Gasteiger partial charge >= 0.3 is 0 Å². The highest BCUT2D eigenvalue weighted by molar-refractivity contribution is 6.32. The van der Waals surface area contributed by atoms with E-state index in [4.69, 9.17) is 21.1 Å². The molecule has 0 atom stereocenters. The Kier molecular flexibility index (Phi) is 7.03. The van der Waals surface area contributed by atoms with Crippen LogP contribution in [-0.4, -0.2) is 37.1 Å². The smallest absolute Gasteiger partial charge is 0.254 e. The van der Waals surface area contributed by atoms with Crippen molar-refractivity contribution in [2.24, 2.45) is 0 Å². The van der Waals surface area contributed by atoms with Crippen LogP contribution in [0.15, 0.2) is 12.1 Å². The molecule has 5 heteroatoms. The van der Waals surface area contributed by atoms with E-state index in [1.54, 1.807) is 12.1 Å². The zero-order chi connectivity index (χ0) is 16.7. The van der Waals surface area contributed by atoms with Crippen molar-refractivity contribution in [3.05, 3.63) is 22.7 Å². The number of carbonyl (C=O) groups excluding carboxylic acids is 1. The highest BCUT2D eigenvalue weighted by Gasteiger charge is 2.21. The lowest BCUT2D eigenvalue weighted by atomic mass is 10.1. The number of ether oxygens (including phenoxy) is 2. The first kappa shape index (κ1) is 17.9. The number of benzene rings is 1. The van der Waals surface area contributed by atoms with Crippen LogP contribution >= 0.6 is 11.6 Å². The lowest BCUT2D eigenvalue weighted by molar-refractivity contribution is 0.0761. The number of nitrogens with zero attached hydrogens (tertiary/aromatic N) is 1. The number of carbonyl (C=O) groups is 1. The summed E-state index contributed by atoms with van der Waals surface area (Å²) in [5.74, 6) is 1.10. The third kappa shape index (κ3) is 4.77. The van der Waals surface area contributed by atoms with Gasteiger partial charge in [0.2, 0.25) is 0 Å². The van der Waals surface area contributed by atoms with Crippen molar-refractivity contribution < 1.29 is 14.3 Å². The summed E-state index contributed by atoms with van der Waals surface area (Å²) >= 11 is 6.35. The molecule has 1 aliphatic rings. The molecule has 1 aromatic carbocycles. The Bertz CT molecular complexity index is 525. The van der Waals surface area contributed by atoms with E-state index in [2.05, 4.69) is 0 Å². The summed E-state index contributed by atoms with van der Waals surface area (Å²) in [6, 6.07) is 3.45. The zero-order valence-corrected chi connectivity index (χ0v) is 14.8. The highest BCUT2D eigenvalue weighted by atomic mass is 35.5. The minimum Gasteiger partial charge on any atom is -0.490 e. The van der Waals surface area contributed by atoms with Crippen LogP contribution in [0.2, 0.25) is 5.02 Å². The quantitative estimate of drug-likeness (QED) is 0.763. The monoisotopic (exact) mass is 339 g/mol. The molecule has 1 aromatic rings. The largest absolute Gasteiger partial charge is 0.490 e. The van der Waals surface area contributed by atoms with Crippen LogP contribution in [0, 0.1) is 0 Å². The Morgan fingerprint density at radius 2 is 1.83 bits per heavy atom. The minimum atomic E-state index is 0.0248. The Morgan fingerprint density at radius 3 is 2.43 bits per heavy atom. The summed E-state index contributed by atoms with van der Waals surface area (Å²) in [6.45, 7) is 6.63. The van der Waals surface area contributed by atoms with Gasteiger partial charge in [-0.15, -0.1) is 0 Å². The predicted molar refractivity (Wildman–Crippen MR) is 92.8 cm³/mol. The average Bonchev–Trinajstić information content (AvgIpc) is 2.82. The van der Waals surface area contributed by atoms with E-state index in [0.29, 0.717) is 35.3 Å². The van der Waals surface area contributed by atoms with Gasteiger partial charge in [-0.3, -0.25) is 4.79 Å². The number of hydrogen-bond donors (Lipinski definition) is 0. The molecule has 1 aliphatic heterocycles. The minimum absolute atomic E-state index is 0.0248. The van der Waals surface area contributed by atoms with Gasteiger partial charge in [0.15, 0.2) is 11.5 Å². The van der Waals surface area contributed by atoms with Crippen molar-refractivity contribution in [1.29, 1.82) is 0 Å². The van der Waals surface area contributed by atoms with E-state index >= 15 is 0 Å². The average molecular weight is 340 g/mol. The van der Waals surface area contributed by atoms with Gasteiger partial charge in [-0.05, 0) is 38.3 Å². The van der Waals surface area contributed by atoms with Crippen molar-refractivity contribution in [2.75, 3.05) is 26.3 Å². The van der Waals surface area contributed by atoms with Crippen molar-refractivity contribution >= 4 is 17.5 Å². The fourth-order valence-electron chi connectivity index (χ4n) is 2.75. The number of halogens is 1. The number of likely N-dealkylation sites (tertiary alicyclic amines) is 1. The highest BCUT2D eigenvalue weighted by Crippen LogP contribution is 2.37. The van der Waals surface area contributed by atoms with E-state index in [0.717, 1.165) is 32.4 Å². The summed E-state index contributed by atoms with van der Waals surface area (Å²) in [6.07, 6.45) is 5.40. The molecule has 4 nitrogen and oxygen atoms in total. The van der Waals surface area contributed by atoms with Gasteiger partial charge < -0.3 is 14.4 Å². The molecule has 1 saturated heterocycles. The molecule has 2 rings (SSSR count). The maximum absolute atomic E-state index is 12.8. The maximum atomic E-state index is 12.8. The molecule has 0 bridgehead atoms. The predicted octanol–water partition coefficient (Wildman–Crippen LogP) is 4.54. The molecule has 0 radical (unpaired) electrons. The molecular weight excluding hydrogens is 314 g/mol. The second kappa shape index (κ2) is 9.02. The van der Waals surface area contributed by atoms with Gasteiger partial charge in [-0.25, -0.2) is 0 Å². The fourth-order valence-corrected chi connectivity index (χ4v) is 3.02. The summed E-state index contributed by atoms with van der Waals surface area (Å²) < 4.78 is 11.3. The lowest BCUT2D eigenvalue weighted by Gasteiger charge is -2.21. The standard InChI is InChI=1S/C18H26ClNO3/c1-3-11-23-17-15(19)12-14(13-16(17)22-4-2)18(21)20-9-7-5-6-8-10-20/h12-13H,3-11H2,1-2H3. The van der Waals surface area contributed by atoms with Crippen LogP contribution in [0.4, 0.5) is 0 Å². The second-order valence-electron chi connectivity index (χ2n) is 5.77. The van der Waals surface area contributed by atoms with E-state index in [1.807, 2.05) is 18.7 Å². The zero-order valence-electron chi connectivity index (χ0n) is 14.1. The van der Waals surface area contributed by atoms with Crippen LogP contribution in [0.25, 0.3) is 0 Å². The van der Waals surface area contributed by atoms with Gasteiger partial charge in [0.1, 0.15) is 0 Å². The Balaban J connectivity index is 2.25. The number of hydrogen-bond acceptors (Lipinski definition) is 3. The van der Waals surface area contributed by atoms with E-state index in [1.165, 1.54) is 12.8 Å². The van der Waals surface area contributed by atoms with Gasteiger partial charge in [0.25, 0.3) is 5.91 Å². The molecule has 0 N–H and O–H groups in total. The first-order chi connectivity index (χ1) is 11.2. The molecule has 1 fully saturated rings. The topological polar surface area (TPSA) is 38.8 Å². The number of rotatable bonds is 6. The van der Waals surface area contributed by atoms with Gasteiger partial charge in [-0.2, -0.15) is 0 Å². The van der Waals surface area contributed by atoms with Gasteiger partial charge in [-0.1, -0.05) is 31.4 Å². The molecule has 0 aromatic heterocycles. The normalized spacial score (nSPS) is 15.2. The van der Waals surface area contributed by atoms with Crippen LogP contribution < -0.4 is 9.47 Å². The molecule has 0 unspecified atom stereocenters. The molecule has 0 saturated carbocycles. The first-order valence-corrected chi connectivity index (χ1v) is 8.93. The maximum Gasteiger partial charge on any atom is 0.254 e. The molecule has 0 aliphatic carbocycles. The second-order valence-corrected chi connectivity index (χ2v) is 6.18. The molecule has 128 valence electrons. The van der Waals surface area contributed by atoms with Crippen LogP contribution in [-0.2, 0) is 0 Å². The van der Waals surface area contributed by atoms with Crippen molar-refractivity contribution in [3.8, 4) is 11.5 Å². The Hall–Kier alpha value is -1.42. The van der Waals surface area contributed by atoms with Crippen molar-refractivity contribution in [2.45, 2.75) is 46.0 Å². The summed E-state index contributed by atoms with van der Waals surface area (Å²) in [5.41, 5.74) is 0.573. The molecule has 0 spiro atoms. The molecule has 1 heterocycles. The van der Waals surface area contributed by atoms with Gasteiger partial charge in [0, 0.05) is 18.7 Å². The Morgan fingerprint density at radius 1 is 1.13 bits per heavy atom. The third-order valence-electron chi connectivity index (χ3n) is 3.90. The van der Waals surface area contributed by atoms with E-state index in [9.17, 15) is 4.79 Å². The summed E-state index contributed by atoms with van der Waals surface area (Å²) in [5, 5.41) is 0.433. The SMILES string of the molecule is CCCOc1c(Cl)cc(C(=O)N2CCCCCC2)cc1OCC. The lowest BCUT2D eigenvalue weighted by Crippen LogP contribution is -2.31. The molecule has 1 amide bonds. The first-order valence-electron chi connectivity index (χ1n) is 8.55. The number of amides is 1. The van der Waals surface area contributed by atoms with Gasteiger partial charge in [0.05, 0.1) is 18.2 Å². The third-order valence-corrected chi connectivity index (χ3v) is 4.18. The Labute approximate surface area is 143 Å². The van der Waals surface area contributed by atoms with Crippen LogP contribution in [0.3, 0.4) is 0 Å². The van der Waals surface area contributed by atoms with E-state index in [-0.39, 0.29) is 5.91 Å². The molecular formula is C18H26ClNO3. The molecule has 23 heavy (non-hydrogen) atoms. The summed E-state index contributed by atoms with van der Waals surface area (Å²) in [7, 11) is 0.